The summed E-state index contributed by atoms with van der Waals surface area (Å²) >= 11 is 5.88. The second-order valence-electron chi connectivity index (χ2n) is 4.96. The quantitative estimate of drug-likeness (QED) is 0.760. The SMILES string of the molecule is COCCN(C(C)COC)C(CN)c1ccc(F)c(Cl)c1. The van der Waals surface area contributed by atoms with E-state index in [9.17, 15) is 4.39 Å². The first-order chi connectivity index (χ1) is 10.0. The Morgan fingerprint density at radius 1 is 1.33 bits per heavy atom. The van der Waals surface area contributed by atoms with Gasteiger partial charge in [0.1, 0.15) is 5.82 Å². The number of benzene rings is 1. The smallest absolute Gasteiger partial charge is 0.141 e. The fraction of sp³-hybridized carbons (Fsp3) is 0.600. The fourth-order valence-corrected chi connectivity index (χ4v) is 2.59. The first-order valence-electron chi connectivity index (χ1n) is 6.93. The van der Waals surface area contributed by atoms with Gasteiger partial charge in [0.25, 0.3) is 0 Å². The average molecular weight is 319 g/mol. The standard InChI is InChI=1S/C15H24ClFN2O2/c1-11(10-21-3)19(6-7-20-2)15(9-18)12-4-5-14(17)13(16)8-12/h4-5,8,11,15H,6-7,9-10,18H2,1-3H3. The summed E-state index contributed by atoms with van der Waals surface area (Å²) < 4.78 is 23.7. The van der Waals surface area contributed by atoms with Crippen molar-refractivity contribution in [1.29, 1.82) is 0 Å². The number of ether oxygens (including phenoxy) is 2. The molecular formula is C15H24ClFN2O2. The van der Waals surface area contributed by atoms with E-state index in [4.69, 9.17) is 26.8 Å². The average Bonchev–Trinajstić information content (AvgIpc) is 2.47. The molecule has 0 saturated carbocycles. The van der Waals surface area contributed by atoms with E-state index in [1.54, 1.807) is 26.4 Å². The van der Waals surface area contributed by atoms with Crippen molar-refractivity contribution < 1.29 is 13.9 Å². The van der Waals surface area contributed by atoms with Crippen LogP contribution >= 0.6 is 11.6 Å². The molecule has 0 aromatic heterocycles. The number of hydrogen-bond acceptors (Lipinski definition) is 4. The van der Waals surface area contributed by atoms with Gasteiger partial charge in [0.15, 0.2) is 0 Å². The molecule has 120 valence electrons. The molecule has 1 aromatic carbocycles. The van der Waals surface area contributed by atoms with Crippen molar-refractivity contribution in [3.63, 3.8) is 0 Å². The van der Waals surface area contributed by atoms with Crippen molar-refractivity contribution in [2.24, 2.45) is 5.73 Å². The van der Waals surface area contributed by atoms with Gasteiger partial charge in [-0.25, -0.2) is 4.39 Å². The highest BCUT2D eigenvalue weighted by atomic mass is 35.5. The van der Waals surface area contributed by atoms with Gasteiger partial charge in [-0.2, -0.15) is 0 Å². The lowest BCUT2D eigenvalue weighted by molar-refractivity contribution is 0.0486. The second-order valence-corrected chi connectivity index (χ2v) is 5.37. The molecule has 2 atom stereocenters. The van der Waals surface area contributed by atoms with E-state index in [0.717, 1.165) is 5.56 Å². The number of methoxy groups -OCH3 is 2. The molecule has 0 aliphatic carbocycles. The van der Waals surface area contributed by atoms with Crippen molar-refractivity contribution in [3.05, 3.63) is 34.6 Å². The molecule has 0 aliphatic heterocycles. The lowest BCUT2D eigenvalue weighted by Crippen LogP contribution is -2.44. The molecule has 0 bridgehead atoms. The van der Waals surface area contributed by atoms with Crippen molar-refractivity contribution in [2.75, 3.05) is 40.5 Å². The number of nitrogens with two attached hydrogens (primary N) is 1. The van der Waals surface area contributed by atoms with Crippen LogP contribution < -0.4 is 5.73 Å². The van der Waals surface area contributed by atoms with Gasteiger partial charge in [0.2, 0.25) is 0 Å². The molecule has 0 heterocycles. The minimum atomic E-state index is -0.426. The number of hydrogen-bond donors (Lipinski definition) is 1. The summed E-state index contributed by atoms with van der Waals surface area (Å²) in [4.78, 5) is 2.19. The number of nitrogens with zero attached hydrogens (tertiary/aromatic N) is 1. The Balaban J connectivity index is 3.00. The zero-order valence-electron chi connectivity index (χ0n) is 12.8. The van der Waals surface area contributed by atoms with E-state index in [1.807, 2.05) is 0 Å². The predicted molar refractivity (Wildman–Crippen MR) is 83.1 cm³/mol. The van der Waals surface area contributed by atoms with Gasteiger partial charge in [0, 0.05) is 39.4 Å². The number of rotatable bonds is 9. The van der Waals surface area contributed by atoms with Crippen LogP contribution in [0.15, 0.2) is 18.2 Å². The minimum Gasteiger partial charge on any atom is -0.383 e. The van der Waals surface area contributed by atoms with E-state index < -0.39 is 5.82 Å². The van der Waals surface area contributed by atoms with Crippen molar-refractivity contribution in [3.8, 4) is 0 Å². The molecule has 0 aliphatic rings. The van der Waals surface area contributed by atoms with E-state index in [2.05, 4.69) is 11.8 Å². The van der Waals surface area contributed by atoms with Crippen LogP contribution in [0.4, 0.5) is 4.39 Å². The summed E-state index contributed by atoms with van der Waals surface area (Å²) in [5, 5.41) is 0.108. The summed E-state index contributed by atoms with van der Waals surface area (Å²) in [5.41, 5.74) is 6.83. The zero-order chi connectivity index (χ0) is 15.8. The monoisotopic (exact) mass is 318 g/mol. The van der Waals surface area contributed by atoms with Gasteiger partial charge < -0.3 is 15.2 Å². The Labute approximate surface area is 131 Å². The van der Waals surface area contributed by atoms with Crippen LogP contribution in [-0.2, 0) is 9.47 Å². The normalized spacial score (nSPS) is 14.4. The highest BCUT2D eigenvalue weighted by Crippen LogP contribution is 2.26. The Morgan fingerprint density at radius 3 is 2.57 bits per heavy atom. The first-order valence-corrected chi connectivity index (χ1v) is 7.31. The van der Waals surface area contributed by atoms with Gasteiger partial charge in [-0.1, -0.05) is 17.7 Å². The van der Waals surface area contributed by atoms with Gasteiger partial charge >= 0.3 is 0 Å². The Hall–Kier alpha value is -0.720. The van der Waals surface area contributed by atoms with E-state index in [0.29, 0.717) is 26.3 Å². The van der Waals surface area contributed by atoms with Crippen LogP contribution in [0.5, 0.6) is 0 Å². The minimum absolute atomic E-state index is 0.0663. The molecule has 2 N–H and O–H groups in total. The molecule has 21 heavy (non-hydrogen) atoms. The molecule has 4 nitrogen and oxygen atoms in total. The van der Waals surface area contributed by atoms with Gasteiger partial charge in [0.05, 0.1) is 18.2 Å². The number of halogens is 2. The van der Waals surface area contributed by atoms with Crippen LogP contribution in [0.25, 0.3) is 0 Å². The fourth-order valence-electron chi connectivity index (χ4n) is 2.40. The third-order valence-corrected chi connectivity index (χ3v) is 3.77. The summed E-state index contributed by atoms with van der Waals surface area (Å²) in [6, 6.07) is 4.81. The van der Waals surface area contributed by atoms with E-state index in [1.165, 1.54) is 6.07 Å². The molecule has 1 rings (SSSR count). The Kier molecular flexibility index (Phi) is 8.14. The van der Waals surface area contributed by atoms with Gasteiger partial charge in [-0.05, 0) is 24.6 Å². The maximum absolute atomic E-state index is 13.3. The lowest BCUT2D eigenvalue weighted by atomic mass is 10.0. The third-order valence-electron chi connectivity index (χ3n) is 3.48. The molecule has 0 amide bonds. The van der Waals surface area contributed by atoms with Crippen molar-refractivity contribution in [1.82, 2.24) is 4.90 Å². The second kappa shape index (κ2) is 9.33. The van der Waals surface area contributed by atoms with Crippen LogP contribution in [0.3, 0.4) is 0 Å². The van der Waals surface area contributed by atoms with Crippen molar-refractivity contribution in [2.45, 2.75) is 19.0 Å². The van der Waals surface area contributed by atoms with Crippen LogP contribution in [-0.4, -0.2) is 51.5 Å². The molecule has 0 saturated heterocycles. The summed E-state index contributed by atoms with van der Waals surface area (Å²) in [6.07, 6.45) is 0. The van der Waals surface area contributed by atoms with E-state index >= 15 is 0 Å². The first kappa shape index (κ1) is 18.3. The molecule has 0 spiro atoms. The maximum Gasteiger partial charge on any atom is 0.141 e. The molecular weight excluding hydrogens is 295 g/mol. The lowest BCUT2D eigenvalue weighted by Gasteiger charge is -2.36. The molecule has 0 fully saturated rings. The summed E-state index contributed by atoms with van der Waals surface area (Å²) in [6.45, 7) is 4.33. The highest BCUT2D eigenvalue weighted by molar-refractivity contribution is 6.30. The van der Waals surface area contributed by atoms with Crippen LogP contribution in [0, 0.1) is 5.82 Å². The third kappa shape index (κ3) is 5.20. The Morgan fingerprint density at radius 2 is 2.05 bits per heavy atom. The van der Waals surface area contributed by atoms with Gasteiger partial charge in [-0.15, -0.1) is 0 Å². The summed E-state index contributed by atoms with van der Waals surface area (Å²) in [7, 11) is 3.32. The molecule has 6 heteroatoms. The topological polar surface area (TPSA) is 47.7 Å². The summed E-state index contributed by atoms with van der Waals surface area (Å²) in [5.74, 6) is -0.426. The van der Waals surface area contributed by atoms with Gasteiger partial charge in [-0.3, -0.25) is 4.90 Å². The zero-order valence-corrected chi connectivity index (χ0v) is 13.6. The predicted octanol–water partition coefficient (Wildman–Crippen LogP) is 2.46. The largest absolute Gasteiger partial charge is 0.383 e. The Bertz CT molecular complexity index is 434. The van der Waals surface area contributed by atoms with Crippen LogP contribution in [0.2, 0.25) is 5.02 Å². The molecule has 0 radical (unpaired) electrons. The highest BCUT2D eigenvalue weighted by Gasteiger charge is 2.24. The van der Waals surface area contributed by atoms with Crippen molar-refractivity contribution >= 4 is 11.6 Å². The maximum atomic E-state index is 13.3. The molecule has 1 aromatic rings. The molecule has 2 unspecified atom stereocenters. The van der Waals surface area contributed by atoms with E-state index in [-0.39, 0.29) is 17.1 Å². The van der Waals surface area contributed by atoms with Crippen LogP contribution in [0.1, 0.15) is 18.5 Å².